The Balaban J connectivity index is 2.11. The molecule has 1 heterocycles. The van der Waals surface area contributed by atoms with Crippen LogP contribution in [0.15, 0.2) is 18.2 Å². The van der Waals surface area contributed by atoms with Crippen LogP contribution in [-0.2, 0) is 10.3 Å². The van der Waals surface area contributed by atoms with E-state index in [4.69, 9.17) is 9.47 Å². The minimum atomic E-state index is -0.976. The Kier molecular flexibility index (Phi) is 4.90. The van der Waals surface area contributed by atoms with E-state index in [1.807, 2.05) is 45.9 Å². The average Bonchev–Trinajstić information content (AvgIpc) is 2.46. The first-order valence-electron chi connectivity index (χ1n) is 8.00. The summed E-state index contributed by atoms with van der Waals surface area (Å²) < 4.78 is 10.8. The van der Waals surface area contributed by atoms with Gasteiger partial charge in [-0.3, -0.25) is 0 Å². The van der Waals surface area contributed by atoms with Crippen molar-refractivity contribution in [1.82, 2.24) is 4.90 Å². The Morgan fingerprint density at radius 2 is 1.87 bits per heavy atom. The Labute approximate surface area is 138 Å². The summed E-state index contributed by atoms with van der Waals surface area (Å²) in [6.07, 6.45) is 0.605. The molecule has 0 aliphatic carbocycles. The standard InChI is InChI=1S/C18H27NO4/c1-13-6-7-15(22-5)14(12-13)18(21)8-10-19(11-9-18)16(20)23-17(2,3)4/h6-7,12,21H,8-11H2,1-5H3. The van der Waals surface area contributed by atoms with Gasteiger partial charge in [0.2, 0.25) is 0 Å². The summed E-state index contributed by atoms with van der Waals surface area (Å²) in [5.41, 5.74) is 0.383. The third-order valence-corrected chi connectivity index (χ3v) is 4.10. The number of aliphatic hydroxyl groups is 1. The van der Waals surface area contributed by atoms with Crippen LogP contribution >= 0.6 is 0 Å². The van der Waals surface area contributed by atoms with Crippen LogP contribution in [0.3, 0.4) is 0 Å². The SMILES string of the molecule is COc1ccc(C)cc1C1(O)CCN(C(=O)OC(C)(C)C)CC1. The first kappa shape index (κ1) is 17.6. The molecule has 5 nitrogen and oxygen atoms in total. The van der Waals surface area contributed by atoms with E-state index < -0.39 is 11.2 Å². The highest BCUT2D eigenvalue weighted by Gasteiger charge is 2.38. The minimum absolute atomic E-state index is 0.323. The molecule has 1 aromatic rings. The molecular formula is C18H27NO4. The van der Waals surface area contributed by atoms with E-state index in [2.05, 4.69) is 0 Å². The summed E-state index contributed by atoms with van der Waals surface area (Å²) in [5, 5.41) is 11.1. The minimum Gasteiger partial charge on any atom is -0.496 e. The lowest BCUT2D eigenvalue weighted by atomic mass is 9.83. The number of ether oxygens (including phenoxy) is 2. The van der Waals surface area contributed by atoms with Crippen LogP contribution in [0.4, 0.5) is 4.79 Å². The van der Waals surface area contributed by atoms with Crippen molar-refractivity contribution in [3.8, 4) is 5.75 Å². The molecule has 1 aliphatic heterocycles. The molecule has 0 saturated carbocycles. The van der Waals surface area contributed by atoms with Crippen molar-refractivity contribution in [1.29, 1.82) is 0 Å². The highest BCUT2D eigenvalue weighted by atomic mass is 16.6. The Morgan fingerprint density at radius 1 is 1.26 bits per heavy atom. The van der Waals surface area contributed by atoms with Gasteiger partial charge in [0.15, 0.2) is 0 Å². The van der Waals surface area contributed by atoms with Crippen molar-refractivity contribution < 1.29 is 19.4 Å². The second-order valence-corrected chi connectivity index (χ2v) is 7.20. The molecule has 1 amide bonds. The number of rotatable bonds is 2. The number of carbonyl (C=O) groups excluding carboxylic acids is 1. The fourth-order valence-electron chi connectivity index (χ4n) is 2.84. The van der Waals surface area contributed by atoms with Crippen molar-refractivity contribution in [2.75, 3.05) is 20.2 Å². The zero-order valence-electron chi connectivity index (χ0n) is 14.7. The van der Waals surface area contributed by atoms with Gasteiger partial charge in [-0.25, -0.2) is 4.79 Å². The van der Waals surface area contributed by atoms with Gasteiger partial charge in [0.05, 0.1) is 12.7 Å². The van der Waals surface area contributed by atoms with Crippen LogP contribution in [0, 0.1) is 6.92 Å². The number of amides is 1. The molecule has 0 bridgehead atoms. The maximum atomic E-state index is 12.1. The molecule has 0 atom stereocenters. The van der Waals surface area contributed by atoms with Gasteiger partial charge in [-0.2, -0.15) is 0 Å². The smallest absolute Gasteiger partial charge is 0.410 e. The van der Waals surface area contributed by atoms with Crippen molar-refractivity contribution in [3.63, 3.8) is 0 Å². The number of piperidine rings is 1. The average molecular weight is 321 g/mol. The van der Waals surface area contributed by atoms with Crippen LogP contribution in [0.5, 0.6) is 5.75 Å². The van der Waals surface area contributed by atoms with E-state index in [1.165, 1.54) is 0 Å². The first-order valence-corrected chi connectivity index (χ1v) is 8.00. The van der Waals surface area contributed by atoms with Crippen molar-refractivity contribution >= 4 is 6.09 Å². The zero-order chi connectivity index (χ0) is 17.3. The number of hydrogen-bond donors (Lipinski definition) is 1. The number of benzene rings is 1. The number of aryl methyl sites for hydroxylation is 1. The molecule has 0 spiro atoms. The first-order chi connectivity index (χ1) is 10.6. The Morgan fingerprint density at radius 3 is 2.39 bits per heavy atom. The molecule has 1 N–H and O–H groups in total. The maximum Gasteiger partial charge on any atom is 0.410 e. The lowest BCUT2D eigenvalue weighted by molar-refractivity contribution is -0.0367. The number of nitrogens with zero attached hydrogens (tertiary/aromatic N) is 1. The van der Waals surface area contributed by atoms with Crippen LogP contribution < -0.4 is 4.74 Å². The van der Waals surface area contributed by atoms with Crippen LogP contribution in [0.1, 0.15) is 44.7 Å². The van der Waals surface area contributed by atoms with Gasteiger partial charge in [0.1, 0.15) is 11.4 Å². The lowest BCUT2D eigenvalue weighted by Gasteiger charge is -2.39. The molecule has 1 saturated heterocycles. The summed E-state index contributed by atoms with van der Waals surface area (Å²) in [7, 11) is 1.60. The van der Waals surface area contributed by atoms with E-state index in [-0.39, 0.29) is 6.09 Å². The quantitative estimate of drug-likeness (QED) is 0.908. The Bertz CT molecular complexity index is 569. The van der Waals surface area contributed by atoms with Gasteiger partial charge in [-0.05, 0) is 52.7 Å². The molecule has 1 fully saturated rings. The van der Waals surface area contributed by atoms with Gasteiger partial charge in [0.25, 0.3) is 0 Å². The van der Waals surface area contributed by atoms with E-state index in [0.29, 0.717) is 31.7 Å². The van der Waals surface area contributed by atoms with E-state index in [0.717, 1.165) is 11.1 Å². The summed E-state index contributed by atoms with van der Waals surface area (Å²) >= 11 is 0. The van der Waals surface area contributed by atoms with Crippen molar-refractivity contribution in [2.24, 2.45) is 0 Å². The van der Waals surface area contributed by atoms with Gasteiger partial charge >= 0.3 is 6.09 Å². The maximum absolute atomic E-state index is 12.1. The normalized spacial score (nSPS) is 17.7. The lowest BCUT2D eigenvalue weighted by Crippen LogP contribution is -2.46. The fourth-order valence-corrected chi connectivity index (χ4v) is 2.84. The van der Waals surface area contributed by atoms with Gasteiger partial charge in [-0.15, -0.1) is 0 Å². The van der Waals surface area contributed by atoms with Crippen molar-refractivity contribution in [3.05, 3.63) is 29.3 Å². The topological polar surface area (TPSA) is 59.0 Å². The predicted molar refractivity (Wildman–Crippen MR) is 88.7 cm³/mol. The third-order valence-electron chi connectivity index (χ3n) is 4.10. The number of methoxy groups -OCH3 is 1. The summed E-state index contributed by atoms with van der Waals surface area (Å²) in [6.45, 7) is 8.46. The number of likely N-dealkylation sites (tertiary alicyclic amines) is 1. The van der Waals surface area contributed by atoms with E-state index in [1.54, 1.807) is 12.0 Å². The molecule has 23 heavy (non-hydrogen) atoms. The van der Waals surface area contributed by atoms with Gasteiger partial charge < -0.3 is 19.5 Å². The monoisotopic (exact) mass is 321 g/mol. The molecule has 0 radical (unpaired) electrons. The van der Waals surface area contributed by atoms with Gasteiger partial charge in [-0.1, -0.05) is 11.6 Å². The summed E-state index contributed by atoms with van der Waals surface area (Å²) in [6, 6.07) is 5.80. The molecular weight excluding hydrogens is 294 g/mol. The molecule has 0 unspecified atom stereocenters. The molecule has 1 aromatic carbocycles. The van der Waals surface area contributed by atoms with Crippen molar-refractivity contribution in [2.45, 2.75) is 51.7 Å². The van der Waals surface area contributed by atoms with E-state index in [9.17, 15) is 9.90 Å². The fraction of sp³-hybridized carbons (Fsp3) is 0.611. The highest BCUT2D eigenvalue weighted by Crippen LogP contribution is 2.38. The zero-order valence-corrected chi connectivity index (χ0v) is 14.7. The Hall–Kier alpha value is -1.75. The van der Waals surface area contributed by atoms with Crippen LogP contribution in [0.2, 0.25) is 0 Å². The predicted octanol–water partition coefficient (Wildman–Crippen LogP) is 3.22. The molecule has 128 valence electrons. The van der Waals surface area contributed by atoms with Crippen LogP contribution in [-0.4, -0.2) is 41.9 Å². The summed E-state index contributed by atoms with van der Waals surface area (Å²) in [5.74, 6) is 0.684. The second kappa shape index (κ2) is 6.40. The molecule has 5 heteroatoms. The molecule has 0 aromatic heterocycles. The number of carbonyl (C=O) groups is 1. The third kappa shape index (κ3) is 4.16. The van der Waals surface area contributed by atoms with E-state index >= 15 is 0 Å². The second-order valence-electron chi connectivity index (χ2n) is 7.20. The van der Waals surface area contributed by atoms with Gasteiger partial charge in [0, 0.05) is 18.7 Å². The van der Waals surface area contributed by atoms with Crippen LogP contribution in [0.25, 0.3) is 0 Å². The molecule has 2 rings (SSSR count). The summed E-state index contributed by atoms with van der Waals surface area (Å²) in [4.78, 5) is 13.8. The highest BCUT2D eigenvalue weighted by molar-refractivity contribution is 5.68. The number of hydrogen-bond acceptors (Lipinski definition) is 4. The molecule has 1 aliphatic rings. The largest absolute Gasteiger partial charge is 0.496 e.